The summed E-state index contributed by atoms with van der Waals surface area (Å²) in [4.78, 5) is 16.7. The third-order valence-electron chi connectivity index (χ3n) is 3.99. The maximum Gasteiger partial charge on any atom is 0.260 e. The number of carbonyl (C=O) groups excluding carboxylic acids is 1. The van der Waals surface area contributed by atoms with Crippen LogP contribution in [0, 0.1) is 19.7 Å². The predicted octanol–water partition coefficient (Wildman–Crippen LogP) is 3.39. The van der Waals surface area contributed by atoms with Crippen LogP contribution in [0.4, 0.5) is 10.1 Å². The van der Waals surface area contributed by atoms with Crippen LogP contribution < -0.4 is 5.32 Å². The van der Waals surface area contributed by atoms with Gasteiger partial charge >= 0.3 is 0 Å². The van der Waals surface area contributed by atoms with Crippen molar-refractivity contribution >= 4 is 17.1 Å². The van der Waals surface area contributed by atoms with E-state index in [0.717, 1.165) is 0 Å². The quantitative estimate of drug-likeness (QED) is 0.611. The summed E-state index contributed by atoms with van der Waals surface area (Å²) in [6.07, 6.45) is 3.25. The molecule has 0 bridgehead atoms. The highest BCUT2D eigenvalue weighted by Crippen LogP contribution is 2.28. The van der Waals surface area contributed by atoms with E-state index in [4.69, 9.17) is 4.52 Å². The fourth-order valence-electron chi connectivity index (χ4n) is 2.68. The van der Waals surface area contributed by atoms with Gasteiger partial charge in [-0.05, 0) is 43.7 Å². The number of pyridine rings is 1. The van der Waals surface area contributed by atoms with Crippen molar-refractivity contribution in [2.45, 2.75) is 13.8 Å². The molecule has 0 radical (unpaired) electrons. The van der Waals surface area contributed by atoms with Gasteiger partial charge in [-0.25, -0.2) is 8.91 Å². The number of hydrogen-bond acceptors (Lipinski definition) is 5. The maximum absolute atomic E-state index is 14.3. The molecule has 1 N–H and O–H groups in total. The summed E-state index contributed by atoms with van der Waals surface area (Å²) in [5.74, 6) is -0.378. The molecule has 0 saturated heterocycles. The molecule has 0 aliphatic rings. The molecule has 1 aromatic carbocycles. The molecule has 8 heteroatoms. The number of benzene rings is 1. The van der Waals surface area contributed by atoms with Crippen LogP contribution in [0.5, 0.6) is 0 Å². The lowest BCUT2D eigenvalue weighted by atomic mass is 10.1. The molecule has 7 nitrogen and oxygen atoms in total. The first-order chi connectivity index (χ1) is 12.5. The van der Waals surface area contributed by atoms with Crippen molar-refractivity contribution in [3.05, 3.63) is 65.5 Å². The van der Waals surface area contributed by atoms with E-state index >= 15 is 0 Å². The van der Waals surface area contributed by atoms with Crippen LogP contribution in [-0.2, 0) is 0 Å². The van der Waals surface area contributed by atoms with E-state index < -0.39 is 5.82 Å². The summed E-state index contributed by atoms with van der Waals surface area (Å²) in [6.45, 7) is 3.35. The van der Waals surface area contributed by atoms with Crippen molar-refractivity contribution in [3.8, 4) is 11.5 Å². The van der Waals surface area contributed by atoms with Crippen molar-refractivity contribution in [1.82, 2.24) is 19.8 Å². The standard InChI is InChI=1S/C18H14FN5O2/c1-10-7-14(19)12(18-21-11(2)23-26-18)8-15(10)22-17(25)13-9-20-24-6-4-3-5-16(13)24/h3-9H,1-2H3,(H,22,25). The van der Waals surface area contributed by atoms with Gasteiger partial charge in [0.1, 0.15) is 5.82 Å². The highest BCUT2D eigenvalue weighted by molar-refractivity contribution is 6.09. The Hall–Kier alpha value is -3.55. The monoisotopic (exact) mass is 351 g/mol. The topological polar surface area (TPSA) is 85.3 Å². The number of aromatic nitrogens is 4. The van der Waals surface area contributed by atoms with Gasteiger partial charge in [0.25, 0.3) is 11.8 Å². The second-order valence-electron chi connectivity index (χ2n) is 5.84. The van der Waals surface area contributed by atoms with Crippen molar-refractivity contribution in [1.29, 1.82) is 0 Å². The second-order valence-corrected chi connectivity index (χ2v) is 5.84. The summed E-state index contributed by atoms with van der Waals surface area (Å²) in [6, 6.07) is 8.26. The molecular formula is C18H14FN5O2. The third-order valence-corrected chi connectivity index (χ3v) is 3.99. The Kier molecular flexibility index (Phi) is 3.72. The van der Waals surface area contributed by atoms with Crippen LogP contribution in [0.25, 0.3) is 17.0 Å². The van der Waals surface area contributed by atoms with Crippen molar-refractivity contribution in [3.63, 3.8) is 0 Å². The largest absolute Gasteiger partial charge is 0.334 e. The Morgan fingerprint density at radius 3 is 2.88 bits per heavy atom. The average molecular weight is 351 g/mol. The van der Waals surface area contributed by atoms with Gasteiger partial charge in [-0.1, -0.05) is 11.2 Å². The molecule has 0 fully saturated rings. The molecular weight excluding hydrogens is 337 g/mol. The highest BCUT2D eigenvalue weighted by Gasteiger charge is 2.18. The molecule has 0 aliphatic heterocycles. The first-order valence-corrected chi connectivity index (χ1v) is 7.87. The molecule has 3 heterocycles. The van der Waals surface area contributed by atoms with Crippen LogP contribution in [0.3, 0.4) is 0 Å². The fraction of sp³-hybridized carbons (Fsp3) is 0.111. The molecule has 0 atom stereocenters. The Labute approximate surface area is 147 Å². The van der Waals surface area contributed by atoms with Gasteiger partial charge in [0.15, 0.2) is 5.82 Å². The van der Waals surface area contributed by atoms with Gasteiger partial charge in [0.05, 0.1) is 22.8 Å². The Morgan fingerprint density at radius 2 is 2.12 bits per heavy atom. The van der Waals surface area contributed by atoms with E-state index in [1.54, 1.807) is 30.6 Å². The predicted molar refractivity (Wildman–Crippen MR) is 92.3 cm³/mol. The average Bonchev–Trinajstić information content (AvgIpc) is 3.23. The zero-order valence-electron chi connectivity index (χ0n) is 14.0. The minimum Gasteiger partial charge on any atom is -0.334 e. The molecule has 3 aromatic heterocycles. The first kappa shape index (κ1) is 15.9. The summed E-state index contributed by atoms with van der Waals surface area (Å²) >= 11 is 0. The molecule has 0 aliphatic carbocycles. The number of anilines is 1. The number of halogens is 1. The third kappa shape index (κ3) is 2.71. The number of aryl methyl sites for hydroxylation is 2. The Balaban J connectivity index is 1.70. The normalized spacial score (nSPS) is 11.0. The van der Waals surface area contributed by atoms with E-state index in [1.165, 1.54) is 18.3 Å². The summed E-state index contributed by atoms with van der Waals surface area (Å²) in [5, 5.41) is 10.6. The van der Waals surface area contributed by atoms with E-state index in [0.29, 0.717) is 28.2 Å². The minimum absolute atomic E-state index is 0.0616. The van der Waals surface area contributed by atoms with E-state index in [-0.39, 0.29) is 17.4 Å². The zero-order valence-corrected chi connectivity index (χ0v) is 14.0. The molecule has 26 heavy (non-hydrogen) atoms. The van der Waals surface area contributed by atoms with Crippen LogP contribution in [-0.4, -0.2) is 25.7 Å². The zero-order chi connectivity index (χ0) is 18.3. The van der Waals surface area contributed by atoms with E-state index in [2.05, 4.69) is 20.6 Å². The fourth-order valence-corrected chi connectivity index (χ4v) is 2.68. The number of amides is 1. The molecule has 130 valence electrons. The number of rotatable bonds is 3. The van der Waals surface area contributed by atoms with Gasteiger partial charge < -0.3 is 9.84 Å². The van der Waals surface area contributed by atoms with Gasteiger partial charge in [-0.3, -0.25) is 4.79 Å². The summed E-state index contributed by atoms with van der Waals surface area (Å²) in [5.41, 5.74) is 2.26. The molecule has 4 aromatic rings. The lowest BCUT2D eigenvalue weighted by Gasteiger charge is -2.10. The molecule has 0 saturated carbocycles. The van der Waals surface area contributed by atoms with Crippen molar-refractivity contribution in [2.24, 2.45) is 0 Å². The number of nitrogens with one attached hydrogen (secondary N) is 1. The van der Waals surface area contributed by atoms with Gasteiger partial charge in [-0.15, -0.1) is 0 Å². The van der Waals surface area contributed by atoms with Crippen molar-refractivity contribution in [2.75, 3.05) is 5.32 Å². The molecule has 0 unspecified atom stereocenters. The Morgan fingerprint density at radius 1 is 1.27 bits per heavy atom. The van der Waals surface area contributed by atoms with Crippen LogP contribution >= 0.6 is 0 Å². The van der Waals surface area contributed by atoms with Crippen molar-refractivity contribution < 1.29 is 13.7 Å². The summed E-state index contributed by atoms with van der Waals surface area (Å²) < 4.78 is 20.9. The first-order valence-electron chi connectivity index (χ1n) is 7.87. The molecule has 1 amide bonds. The number of carbonyl (C=O) groups is 1. The number of nitrogens with zero attached hydrogens (tertiary/aromatic N) is 4. The molecule has 4 rings (SSSR count). The van der Waals surface area contributed by atoms with Crippen LogP contribution in [0.1, 0.15) is 21.7 Å². The molecule has 0 spiro atoms. The van der Waals surface area contributed by atoms with E-state index in [9.17, 15) is 9.18 Å². The SMILES string of the molecule is Cc1noc(-c2cc(NC(=O)c3cnn4ccccc34)c(C)cc2F)n1. The lowest BCUT2D eigenvalue weighted by Crippen LogP contribution is -2.13. The second kappa shape index (κ2) is 6.07. The number of fused-ring (bicyclic) bond motifs is 1. The number of hydrogen-bond donors (Lipinski definition) is 1. The van der Waals surface area contributed by atoms with Crippen LogP contribution in [0.2, 0.25) is 0 Å². The van der Waals surface area contributed by atoms with E-state index in [1.807, 2.05) is 12.1 Å². The lowest BCUT2D eigenvalue weighted by molar-refractivity contribution is 0.102. The maximum atomic E-state index is 14.3. The smallest absolute Gasteiger partial charge is 0.260 e. The van der Waals surface area contributed by atoms with Gasteiger partial charge in [0.2, 0.25) is 0 Å². The van der Waals surface area contributed by atoms with Gasteiger partial charge in [-0.2, -0.15) is 10.1 Å². The van der Waals surface area contributed by atoms with Gasteiger partial charge in [0, 0.05) is 11.9 Å². The Bertz CT molecular complexity index is 1130. The minimum atomic E-state index is -0.500. The summed E-state index contributed by atoms with van der Waals surface area (Å²) in [7, 11) is 0. The highest BCUT2D eigenvalue weighted by atomic mass is 19.1. The van der Waals surface area contributed by atoms with Crippen LogP contribution in [0.15, 0.2) is 47.2 Å².